The van der Waals surface area contributed by atoms with Gasteiger partial charge in [-0.3, -0.25) is 0 Å². The molecule has 0 heterocycles. The van der Waals surface area contributed by atoms with E-state index in [-0.39, 0.29) is 0 Å². The third-order valence-electron chi connectivity index (χ3n) is 1.81. The topological polar surface area (TPSA) is 38.0 Å². The Kier molecular flexibility index (Phi) is 4.90. The second-order valence-electron chi connectivity index (χ2n) is 2.81. The predicted molar refractivity (Wildman–Crippen MR) is 59.0 cm³/mol. The number of hydrogen-bond donors (Lipinski definition) is 2. The molecule has 0 amide bonds. The third kappa shape index (κ3) is 3.81. The van der Waals surface area contributed by atoms with Gasteiger partial charge in [0, 0.05) is 24.5 Å². The van der Waals surface area contributed by atoms with E-state index in [0.29, 0.717) is 6.54 Å². The summed E-state index contributed by atoms with van der Waals surface area (Å²) in [5, 5.41) is 3.26. The fourth-order valence-electron chi connectivity index (χ4n) is 1.08. The Hall–Kier alpha value is -0.510. The maximum absolute atomic E-state index is 5.37. The zero-order chi connectivity index (χ0) is 9.52. The van der Waals surface area contributed by atoms with E-state index in [0.717, 1.165) is 13.1 Å². The normalized spacial score (nSPS) is 10.3. The second-order valence-corrected chi connectivity index (χ2v) is 3.69. The molecular formula is C10H16N2S. The minimum Gasteiger partial charge on any atom is -0.329 e. The average molecular weight is 196 g/mol. The number of nitrogens with two attached hydrogens (primary N) is 1. The van der Waals surface area contributed by atoms with E-state index in [4.69, 9.17) is 5.73 Å². The van der Waals surface area contributed by atoms with Crippen molar-refractivity contribution in [3.63, 3.8) is 0 Å². The molecule has 0 unspecified atom stereocenters. The first-order valence-electron chi connectivity index (χ1n) is 4.40. The monoisotopic (exact) mass is 196 g/mol. The molecule has 13 heavy (non-hydrogen) atoms. The Labute approximate surface area is 83.9 Å². The van der Waals surface area contributed by atoms with E-state index >= 15 is 0 Å². The maximum atomic E-state index is 5.37. The molecular weight excluding hydrogens is 180 g/mol. The highest BCUT2D eigenvalue weighted by molar-refractivity contribution is 7.98. The van der Waals surface area contributed by atoms with Crippen LogP contribution in [0, 0.1) is 0 Å². The maximum Gasteiger partial charge on any atom is 0.0206 e. The summed E-state index contributed by atoms with van der Waals surface area (Å²) in [5.74, 6) is 0. The van der Waals surface area contributed by atoms with Gasteiger partial charge in [-0.25, -0.2) is 0 Å². The number of thioether (sulfide) groups is 1. The molecule has 72 valence electrons. The van der Waals surface area contributed by atoms with Crippen molar-refractivity contribution in [1.29, 1.82) is 0 Å². The standard InChI is InChI=1S/C10H16N2S/c1-13-10-4-2-9(3-5-10)8-12-7-6-11/h2-5,12H,6-8,11H2,1H3. The van der Waals surface area contributed by atoms with Crippen LogP contribution in [0.3, 0.4) is 0 Å². The highest BCUT2D eigenvalue weighted by Crippen LogP contribution is 2.14. The zero-order valence-corrected chi connectivity index (χ0v) is 8.73. The minimum atomic E-state index is 0.697. The average Bonchev–Trinajstić information content (AvgIpc) is 2.19. The van der Waals surface area contributed by atoms with Crippen molar-refractivity contribution in [3.05, 3.63) is 29.8 Å². The smallest absolute Gasteiger partial charge is 0.0206 e. The summed E-state index contributed by atoms with van der Waals surface area (Å²) >= 11 is 1.77. The van der Waals surface area contributed by atoms with Gasteiger partial charge in [-0.15, -0.1) is 11.8 Å². The Bertz CT molecular complexity index is 233. The Morgan fingerprint density at radius 2 is 2.00 bits per heavy atom. The summed E-state index contributed by atoms with van der Waals surface area (Å²) in [4.78, 5) is 1.31. The molecule has 1 aromatic rings. The molecule has 0 aliphatic heterocycles. The van der Waals surface area contributed by atoms with Crippen molar-refractivity contribution in [2.24, 2.45) is 5.73 Å². The van der Waals surface area contributed by atoms with Gasteiger partial charge in [0.2, 0.25) is 0 Å². The first-order valence-corrected chi connectivity index (χ1v) is 5.63. The lowest BCUT2D eigenvalue weighted by Crippen LogP contribution is -2.21. The lowest BCUT2D eigenvalue weighted by Gasteiger charge is -2.03. The first-order chi connectivity index (χ1) is 6.36. The van der Waals surface area contributed by atoms with Crippen LogP contribution in [0.4, 0.5) is 0 Å². The van der Waals surface area contributed by atoms with Crippen LogP contribution in [0.15, 0.2) is 29.2 Å². The Morgan fingerprint density at radius 1 is 1.31 bits per heavy atom. The first kappa shape index (κ1) is 10.6. The van der Waals surface area contributed by atoms with Gasteiger partial charge in [-0.1, -0.05) is 12.1 Å². The number of hydrogen-bond acceptors (Lipinski definition) is 3. The molecule has 0 saturated heterocycles. The van der Waals surface area contributed by atoms with E-state index in [1.807, 2.05) is 0 Å². The van der Waals surface area contributed by atoms with Gasteiger partial charge in [-0.05, 0) is 24.0 Å². The fraction of sp³-hybridized carbons (Fsp3) is 0.400. The minimum absolute atomic E-state index is 0.697. The van der Waals surface area contributed by atoms with Gasteiger partial charge in [0.15, 0.2) is 0 Å². The van der Waals surface area contributed by atoms with Crippen LogP contribution in [-0.2, 0) is 6.54 Å². The number of nitrogens with one attached hydrogen (secondary N) is 1. The Morgan fingerprint density at radius 3 is 2.54 bits per heavy atom. The molecule has 0 fully saturated rings. The molecule has 3 N–H and O–H groups in total. The van der Waals surface area contributed by atoms with Crippen LogP contribution >= 0.6 is 11.8 Å². The number of rotatable bonds is 5. The highest BCUT2D eigenvalue weighted by Gasteiger charge is 1.92. The lowest BCUT2D eigenvalue weighted by atomic mass is 10.2. The van der Waals surface area contributed by atoms with Crippen LogP contribution < -0.4 is 11.1 Å². The van der Waals surface area contributed by atoms with E-state index < -0.39 is 0 Å². The summed E-state index contributed by atoms with van der Waals surface area (Å²) < 4.78 is 0. The van der Waals surface area contributed by atoms with Gasteiger partial charge < -0.3 is 11.1 Å². The van der Waals surface area contributed by atoms with Crippen molar-refractivity contribution in [2.75, 3.05) is 19.3 Å². The molecule has 0 aliphatic rings. The summed E-state index contributed by atoms with van der Waals surface area (Å²) in [6.07, 6.45) is 2.08. The van der Waals surface area contributed by atoms with Crippen molar-refractivity contribution in [2.45, 2.75) is 11.4 Å². The molecule has 0 aromatic heterocycles. The lowest BCUT2D eigenvalue weighted by molar-refractivity contribution is 0.694. The predicted octanol–water partition coefficient (Wildman–Crippen LogP) is 1.46. The summed E-state index contributed by atoms with van der Waals surface area (Å²) in [5.41, 5.74) is 6.68. The highest BCUT2D eigenvalue weighted by atomic mass is 32.2. The molecule has 1 aromatic carbocycles. The van der Waals surface area contributed by atoms with E-state index in [2.05, 4.69) is 35.8 Å². The van der Waals surface area contributed by atoms with E-state index in [1.165, 1.54) is 10.5 Å². The molecule has 0 radical (unpaired) electrons. The summed E-state index contributed by atoms with van der Waals surface area (Å²) in [6.45, 7) is 2.49. The third-order valence-corrected chi connectivity index (χ3v) is 2.55. The summed E-state index contributed by atoms with van der Waals surface area (Å²) in [7, 11) is 0. The summed E-state index contributed by atoms with van der Waals surface area (Å²) in [6, 6.07) is 8.58. The second kappa shape index (κ2) is 6.02. The van der Waals surface area contributed by atoms with Crippen molar-refractivity contribution in [1.82, 2.24) is 5.32 Å². The SMILES string of the molecule is CSc1ccc(CNCCN)cc1. The Balaban J connectivity index is 2.40. The fourth-order valence-corrected chi connectivity index (χ4v) is 1.49. The molecule has 1 rings (SSSR count). The van der Waals surface area contributed by atoms with Gasteiger partial charge >= 0.3 is 0 Å². The molecule has 0 aliphatic carbocycles. The van der Waals surface area contributed by atoms with Crippen LogP contribution in [-0.4, -0.2) is 19.3 Å². The largest absolute Gasteiger partial charge is 0.329 e. The van der Waals surface area contributed by atoms with Crippen molar-refractivity contribution in [3.8, 4) is 0 Å². The van der Waals surface area contributed by atoms with Crippen LogP contribution in [0.1, 0.15) is 5.56 Å². The van der Waals surface area contributed by atoms with Gasteiger partial charge in [0.1, 0.15) is 0 Å². The van der Waals surface area contributed by atoms with Gasteiger partial charge in [-0.2, -0.15) is 0 Å². The zero-order valence-electron chi connectivity index (χ0n) is 7.92. The number of benzene rings is 1. The molecule has 0 spiro atoms. The molecule has 2 nitrogen and oxygen atoms in total. The molecule has 3 heteroatoms. The molecule has 0 atom stereocenters. The van der Waals surface area contributed by atoms with Crippen molar-refractivity contribution >= 4 is 11.8 Å². The van der Waals surface area contributed by atoms with Gasteiger partial charge in [0.25, 0.3) is 0 Å². The van der Waals surface area contributed by atoms with Crippen molar-refractivity contribution < 1.29 is 0 Å². The van der Waals surface area contributed by atoms with Crippen LogP contribution in [0.25, 0.3) is 0 Å². The van der Waals surface area contributed by atoms with E-state index in [9.17, 15) is 0 Å². The van der Waals surface area contributed by atoms with Crippen LogP contribution in [0.2, 0.25) is 0 Å². The molecule has 0 saturated carbocycles. The van der Waals surface area contributed by atoms with Gasteiger partial charge in [0.05, 0.1) is 0 Å². The quantitative estimate of drug-likeness (QED) is 0.553. The molecule has 0 bridgehead atoms. The van der Waals surface area contributed by atoms with E-state index in [1.54, 1.807) is 11.8 Å². The van der Waals surface area contributed by atoms with Crippen LogP contribution in [0.5, 0.6) is 0 Å².